The van der Waals surface area contributed by atoms with Crippen LogP contribution in [0.25, 0.3) is 0 Å². The van der Waals surface area contributed by atoms with E-state index in [4.69, 9.17) is 9.15 Å². The highest BCUT2D eigenvalue weighted by atomic mass is 16.5. The summed E-state index contributed by atoms with van der Waals surface area (Å²) in [4.78, 5) is 2.48. The van der Waals surface area contributed by atoms with E-state index in [-0.39, 0.29) is 6.04 Å². The monoisotopic (exact) mass is 281 g/mol. The summed E-state index contributed by atoms with van der Waals surface area (Å²) >= 11 is 0. The van der Waals surface area contributed by atoms with Crippen LogP contribution in [0.1, 0.15) is 45.0 Å². The average molecular weight is 281 g/mol. The van der Waals surface area contributed by atoms with E-state index in [9.17, 15) is 5.11 Å². The Kier molecular flexibility index (Phi) is 6.07. The van der Waals surface area contributed by atoms with Crippen molar-refractivity contribution in [1.82, 2.24) is 4.90 Å². The van der Waals surface area contributed by atoms with E-state index in [0.717, 1.165) is 25.6 Å². The molecule has 0 spiro atoms. The van der Waals surface area contributed by atoms with Gasteiger partial charge < -0.3 is 14.3 Å². The number of rotatable bonds is 7. The molecule has 0 radical (unpaired) electrons. The second kappa shape index (κ2) is 7.81. The van der Waals surface area contributed by atoms with Gasteiger partial charge in [0.15, 0.2) is 0 Å². The van der Waals surface area contributed by atoms with Crippen molar-refractivity contribution in [3.05, 3.63) is 24.2 Å². The highest BCUT2D eigenvalue weighted by Gasteiger charge is 2.27. The van der Waals surface area contributed by atoms with Gasteiger partial charge in [0.25, 0.3) is 0 Å². The van der Waals surface area contributed by atoms with Crippen LogP contribution in [0.4, 0.5) is 0 Å². The van der Waals surface area contributed by atoms with E-state index in [1.807, 2.05) is 12.1 Å². The maximum Gasteiger partial charge on any atom is 0.132 e. The predicted octanol–water partition coefficient (Wildman–Crippen LogP) is 2.84. The Morgan fingerprint density at radius 1 is 1.40 bits per heavy atom. The summed E-state index contributed by atoms with van der Waals surface area (Å²) in [6.45, 7) is 8.08. The minimum Gasteiger partial charge on any atom is -0.467 e. The quantitative estimate of drug-likeness (QED) is 0.835. The van der Waals surface area contributed by atoms with Gasteiger partial charge in [-0.1, -0.05) is 26.7 Å². The lowest BCUT2D eigenvalue weighted by Gasteiger charge is -2.38. The molecule has 2 rings (SSSR count). The lowest BCUT2D eigenvalue weighted by Crippen LogP contribution is -2.48. The van der Waals surface area contributed by atoms with Gasteiger partial charge in [0.05, 0.1) is 19.5 Å². The van der Waals surface area contributed by atoms with E-state index >= 15 is 0 Å². The summed E-state index contributed by atoms with van der Waals surface area (Å²) in [6, 6.07) is 3.93. The Labute approximate surface area is 121 Å². The van der Waals surface area contributed by atoms with Gasteiger partial charge in [0.2, 0.25) is 0 Å². The molecule has 4 heteroatoms. The van der Waals surface area contributed by atoms with E-state index in [0.29, 0.717) is 18.8 Å². The van der Waals surface area contributed by atoms with Crippen molar-refractivity contribution >= 4 is 0 Å². The minimum absolute atomic E-state index is 0.282. The lowest BCUT2D eigenvalue weighted by molar-refractivity contribution is -0.0347. The van der Waals surface area contributed by atoms with Crippen molar-refractivity contribution < 1.29 is 14.3 Å². The molecule has 2 unspecified atom stereocenters. The number of aliphatic hydroxyl groups excluding tert-OH is 1. The Morgan fingerprint density at radius 2 is 2.20 bits per heavy atom. The topological polar surface area (TPSA) is 45.8 Å². The van der Waals surface area contributed by atoms with Crippen LogP contribution >= 0.6 is 0 Å². The SMILES string of the molecule is CCC(CC)CN1CCOCC1CC(O)c1ccco1. The number of morpholine rings is 1. The normalized spacial score (nSPS) is 22.3. The summed E-state index contributed by atoms with van der Waals surface area (Å²) < 4.78 is 10.9. The summed E-state index contributed by atoms with van der Waals surface area (Å²) in [6.07, 6.45) is 4.16. The van der Waals surface area contributed by atoms with Crippen molar-refractivity contribution in [2.75, 3.05) is 26.3 Å². The molecule has 1 fully saturated rings. The first-order chi connectivity index (χ1) is 9.74. The van der Waals surface area contributed by atoms with Gasteiger partial charge in [-0.25, -0.2) is 0 Å². The van der Waals surface area contributed by atoms with Crippen molar-refractivity contribution in [2.24, 2.45) is 5.92 Å². The molecule has 1 saturated heterocycles. The van der Waals surface area contributed by atoms with Crippen LogP contribution in [-0.4, -0.2) is 42.4 Å². The maximum atomic E-state index is 10.3. The molecule has 1 aromatic heterocycles. The Balaban J connectivity index is 1.92. The van der Waals surface area contributed by atoms with Gasteiger partial charge in [-0.2, -0.15) is 0 Å². The number of hydrogen-bond donors (Lipinski definition) is 1. The summed E-state index contributed by atoms with van der Waals surface area (Å²) in [5.74, 6) is 1.38. The number of furan rings is 1. The van der Waals surface area contributed by atoms with Crippen LogP contribution < -0.4 is 0 Å². The standard InChI is InChI=1S/C16H27NO3/c1-3-13(4-2)11-17-7-9-19-12-14(17)10-15(18)16-6-5-8-20-16/h5-6,8,13-15,18H,3-4,7,9-12H2,1-2H3. The number of aliphatic hydroxyl groups is 1. The molecule has 1 aliphatic heterocycles. The van der Waals surface area contributed by atoms with Gasteiger partial charge in [-0.05, 0) is 24.5 Å². The zero-order valence-electron chi connectivity index (χ0n) is 12.6. The number of hydrogen-bond acceptors (Lipinski definition) is 4. The molecule has 2 atom stereocenters. The molecule has 0 bridgehead atoms. The first-order valence-electron chi connectivity index (χ1n) is 7.77. The van der Waals surface area contributed by atoms with E-state index < -0.39 is 6.10 Å². The van der Waals surface area contributed by atoms with Crippen LogP contribution in [0.15, 0.2) is 22.8 Å². The Bertz CT molecular complexity index is 362. The van der Waals surface area contributed by atoms with Gasteiger partial charge in [-0.15, -0.1) is 0 Å². The number of ether oxygens (including phenoxy) is 1. The molecular weight excluding hydrogens is 254 g/mol. The zero-order valence-corrected chi connectivity index (χ0v) is 12.6. The van der Waals surface area contributed by atoms with Crippen molar-refractivity contribution in [1.29, 1.82) is 0 Å². The summed E-state index contributed by atoms with van der Waals surface area (Å²) in [5, 5.41) is 10.3. The zero-order chi connectivity index (χ0) is 14.4. The molecule has 1 aliphatic rings. The first-order valence-corrected chi connectivity index (χ1v) is 7.77. The molecular formula is C16H27NO3. The van der Waals surface area contributed by atoms with E-state index in [2.05, 4.69) is 18.7 Å². The molecule has 114 valence electrons. The average Bonchev–Trinajstić information content (AvgIpc) is 3.00. The van der Waals surface area contributed by atoms with Crippen molar-refractivity contribution in [3.63, 3.8) is 0 Å². The molecule has 1 N–H and O–H groups in total. The molecule has 20 heavy (non-hydrogen) atoms. The molecule has 0 aliphatic carbocycles. The van der Waals surface area contributed by atoms with Crippen molar-refractivity contribution in [2.45, 2.75) is 45.3 Å². The molecule has 1 aromatic rings. The number of nitrogens with zero attached hydrogens (tertiary/aromatic N) is 1. The molecule has 0 aromatic carbocycles. The summed E-state index contributed by atoms with van der Waals surface area (Å²) in [5.41, 5.74) is 0. The van der Waals surface area contributed by atoms with Gasteiger partial charge >= 0.3 is 0 Å². The largest absolute Gasteiger partial charge is 0.467 e. The van der Waals surface area contributed by atoms with Gasteiger partial charge in [-0.3, -0.25) is 4.90 Å². The third-order valence-electron chi connectivity index (χ3n) is 4.36. The Morgan fingerprint density at radius 3 is 2.85 bits per heavy atom. The molecule has 4 nitrogen and oxygen atoms in total. The van der Waals surface area contributed by atoms with Gasteiger partial charge in [0.1, 0.15) is 11.9 Å². The van der Waals surface area contributed by atoms with Crippen LogP contribution in [0.2, 0.25) is 0 Å². The fraction of sp³-hybridized carbons (Fsp3) is 0.750. The van der Waals surface area contributed by atoms with Crippen molar-refractivity contribution in [3.8, 4) is 0 Å². The second-order valence-corrected chi connectivity index (χ2v) is 5.67. The third-order valence-corrected chi connectivity index (χ3v) is 4.36. The van der Waals surface area contributed by atoms with Crippen LogP contribution in [0, 0.1) is 5.92 Å². The van der Waals surface area contributed by atoms with Crippen LogP contribution in [0.3, 0.4) is 0 Å². The fourth-order valence-electron chi connectivity index (χ4n) is 2.88. The van der Waals surface area contributed by atoms with E-state index in [1.54, 1.807) is 6.26 Å². The first kappa shape index (κ1) is 15.5. The fourth-order valence-corrected chi connectivity index (χ4v) is 2.88. The highest BCUT2D eigenvalue weighted by molar-refractivity contribution is 5.02. The molecule has 0 saturated carbocycles. The molecule has 2 heterocycles. The second-order valence-electron chi connectivity index (χ2n) is 5.67. The Hall–Kier alpha value is -0.840. The maximum absolute atomic E-state index is 10.3. The van der Waals surface area contributed by atoms with Gasteiger partial charge in [0, 0.05) is 19.1 Å². The third kappa shape index (κ3) is 4.08. The minimum atomic E-state index is -0.541. The lowest BCUT2D eigenvalue weighted by atomic mass is 9.99. The summed E-state index contributed by atoms with van der Waals surface area (Å²) in [7, 11) is 0. The molecule has 0 amide bonds. The highest BCUT2D eigenvalue weighted by Crippen LogP contribution is 2.24. The van der Waals surface area contributed by atoms with Crippen LogP contribution in [-0.2, 0) is 4.74 Å². The van der Waals surface area contributed by atoms with Crippen LogP contribution in [0.5, 0.6) is 0 Å². The smallest absolute Gasteiger partial charge is 0.132 e. The van der Waals surface area contributed by atoms with E-state index in [1.165, 1.54) is 12.8 Å². The predicted molar refractivity (Wildman–Crippen MR) is 78.5 cm³/mol.